The van der Waals surface area contributed by atoms with Gasteiger partial charge in [0.25, 0.3) is 0 Å². The minimum Gasteiger partial charge on any atom is -0.497 e. The summed E-state index contributed by atoms with van der Waals surface area (Å²) in [5.74, 6) is 0.871. The molecule has 0 bridgehead atoms. The Hall–Kier alpha value is -2.23. The second kappa shape index (κ2) is 5.18. The highest BCUT2D eigenvalue weighted by molar-refractivity contribution is 5.75. The van der Waals surface area contributed by atoms with Crippen LogP contribution in [0.1, 0.15) is 5.56 Å². The van der Waals surface area contributed by atoms with Crippen LogP contribution in [0.4, 0.5) is 10.1 Å². The minimum atomic E-state index is -0.335. The first-order chi connectivity index (χ1) is 9.06. The van der Waals surface area contributed by atoms with E-state index in [1.807, 2.05) is 0 Å². The van der Waals surface area contributed by atoms with Crippen molar-refractivity contribution in [3.8, 4) is 22.6 Å². The van der Waals surface area contributed by atoms with Crippen LogP contribution in [0, 0.1) is 12.7 Å². The zero-order chi connectivity index (χ0) is 14.0. The van der Waals surface area contributed by atoms with E-state index in [9.17, 15) is 4.39 Å². The third-order valence-electron chi connectivity index (χ3n) is 3.05. The second-order valence-corrected chi connectivity index (χ2v) is 4.25. The summed E-state index contributed by atoms with van der Waals surface area (Å²) in [6.07, 6.45) is 0. The molecule has 4 heteroatoms. The molecule has 3 nitrogen and oxygen atoms in total. The van der Waals surface area contributed by atoms with Gasteiger partial charge in [0.05, 0.1) is 14.2 Å². The van der Waals surface area contributed by atoms with Crippen molar-refractivity contribution in [2.24, 2.45) is 0 Å². The molecule has 0 heterocycles. The normalized spacial score (nSPS) is 10.3. The molecule has 0 saturated heterocycles. The van der Waals surface area contributed by atoms with E-state index in [-0.39, 0.29) is 5.82 Å². The van der Waals surface area contributed by atoms with Crippen LogP contribution in [-0.4, -0.2) is 14.2 Å². The number of methoxy groups -OCH3 is 2. The van der Waals surface area contributed by atoms with Gasteiger partial charge in [0.1, 0.15) is 17.3 Å². The number of anilines is 1. The predicted molar refractivity (Wildman–Crippen MR) is 74.1 cm³/mol. The molecule has 0 amide bonds. The van der Waals surface area contributed by atoms with Gasteiger partial charge in [-0.15, -0.1) is 0 Å². The standard InChI is InChI=1S/C15H16FNO2/c1-9-6-13(16)11(8-14(9)17)12-7-10(18-2)4-5-15(12)19-3/h4-8H,17H2,1-3H3. The van der Waals surface area contributed by atoms with Gasteiger partial charge in [-0.1, -0.05) is 0 Å². The van der Waals surface area contributed by atoms with Gasteiger partial charge in [-0.3, -0.25) is 0 Å². The number of halogens is 1. The van der Waals surface area contributed by atoms with Crippen molar-refractivity contribution in [2.45, 2.75) is 6.92 Å². The lowest BCUT2D eigenvalue weighted by Gasteiger charge is -2.13. The number of hydrogen-bond acceptors (Lipinski definition) is 3. The highest BCUT2D eigenvalue weighted by Crippen LogP contribution is 2.36. The van der Waals surface area contributed by atoms with Gasteiger partial charge in [0.15, 0.2) is 0 Å². The molecule has 2 aromatic rings. The SMILES string of the molecule is COc1ccc(OC)c(-c2cc(N)c(C)cc2F)c1. The molecule has 0 saturated carbocycles. The Labute approximate surface area is 111 Å². The molecule has 0 unspecified atom stereocenters. The van der Waals surface area contributed by atoms with Crippen molar-refractivity contribution < 1.29 is 13.9 Å². The van der Waals surface area contributed by atoms with Crippen LogP contribution in [0.2, 0.25) is 0 Å². The zero-order valence-corrected chi connectivity index (χ0v) is 11.2. The third-order valence-corrected chi connectivity index (χ3v) is 3.05. The van der Waals surface area contributed by atoms with Gasteiger partial charge in [0.2, 0.25) is 0 Å². The summed E-state index contributed by atoms with van der Waals surface area (Å²) < 4.78 is 24.5. The lowest BCUT2D eigenvalue weighted by Crippen LogP contribution is -1.96. The van der Waals surface area contributed by atoms with Gasteiger partial charge in [0, 0.05) is 16.8 Å². The van der Waals surface area contributed by atoms with Gasteiger partial charge in [-0.05, 0) is 42.8 Å². The number of ether oxygens (including phenoxy) is 2. The summed E-state index contributed by atoms with van der Waals surface area (Å²) in [5.41, 5.74) is 8.12. The van der Waals surface area contributed by atoms with Crippen molar-refractivity contribution >= 4 is 5.69 Å². The van der Waals surface area contributed by atoms with Gasteiger partial charge in [-0.2, -0.15) is 0 Å². The number of benzene rings is 2. The fourth-order valence-electron chi connectivity index (χ4n) is 1.92. The molecule has 2 N–H and O–H groups in total. The Morgan fingerprint density at radius 2 is 1.74 bits per heavy atom. The third kappa shape index (κ3) is 2.47. The number of rotatable bonds is 3. The maximum Gasteiger partial charge on any atom is 0.131 e. The van der Waals surface area contributed by atoms with Crippen LogP contribution in [-0.2, 0) is 0 Å². The van der Waals surface area contributed by atoms with Gasteiger partial charge in [-0.25, -0.2) is 4.39 Å². The summed E-state index contributed by atoms with van der Waals surface area (Å²) in [4.78, 5) is 0. The summed E-state index contributed by atoms with van der Waals surface area (Å²) in [5, 5.41) is 0. The predicted octanol–water partition coefficient (Wildman–Crippen LogP) is 3.40. The van der Waals surface area contributed by atoms with E-state index in [1.165, 1.54) is 6.07 Å². The molecule has 0 radical (unpaired) electrons. The van der Waals surface area contributed by atoms with Crippen molar-refractivity contribution in [3.05, 3.63) is 41.7 Å². The van der Waals surface area contributed by atoms with Crippen LogP contribution < -0.4 is 15.2 Å². The minimum absolute atomic E-state index is 0.335. The molecule has 0 atom stereocenters. The fraction of sp³-hybridized carbons (Fsp3) is 0.200. The molecule has 0 spiro atoms. The van der Waals surface area contributed by atoms with E-state index < -0.39 is 0 Å². The van der Waals surface area contributed by atoms with Crippen LogP contribution >= 0.6 is 0 Å². The van der Waals surface area contributed by atoms with Crippen LogP contribution in [0.5, 0.6) is 11.5 Å². The maximum atomic E-state index is 14.1. The fourth-order valence-corrected chi connectivity index (χ4v) is 1.92. The molecular formula is C15H16FNO2. The first-order valence-corrected chi connectivity index (χ1v) is 5.85. The van der Waals surface area contributed by atoms with Gasteiger partial charge >= 0.3 is 0 Å². The lowest BCUT2D eigenvalue weighted by atomic mass is 10.0. The van der Waals surface area contributed by atoms with Crippen molar-refractivity contribution in [2.75, 3.05) is 20.0 Å². The van der Waals surface area contributed by atoms with E-state index in [4.69, 9.17) is 15.2 Å². The van der Waals surface area contributed by atoms with Crippen molar-refractivity contribution in [1.29, 1.82) is 0 Å². The van der Waals surface area contributed by atoms with Crippen LogP contribution in [0.15, 0.2) is 30.3 Å². The van der Waals surface area contributed by atoms with Crippen molar-refractivity contribution in [3.63, 3.8) is 0 Å². The lowest BCUT2D eigenvalue weighted by molar-refractivity contribution is 0.404. The molecule has 2 aromatic carbocycles. The van der Waals surface area contributed by atoms with Gasteiger partial charge < -0.3 is 15.2 Å². The first kappa shape index (κ1) is 13.2. The molecule has 0 fully saturated rings. The van der Waals surface area contributed by atoms with E-state index in [1.54, 1.807) is 45.4 Å². The largest absolute Gasteiger partial charge is 0.497 e. The van der Waals surface area contributed by atoms with E-state index in [0.29, 0.717) is 33.9 Å². The number of aryl methyl sites for hydroxylation is 1. The molecule has 0 aliphatic rings. The topological polar surface area (TPSA) is 44.5 Å². The molecular weight excluding hydrogens is 245 g/mol. The van der Waals surface area contributed by atoms with E-state index in [0.717, 1.165) is 0 Å². The van der Waals surface area contributed by atoms with E-state index >= 15 is 0 Å². The molecule has 19 heavy (non-hydrogen) atoms. The average Bonchev–Trinajstić information content (AvgIpc) is 2.42. The number of nitrogens with two attached hydrogens (primary N) is 1. The summed E-state index contributed by atoms with van der Waals surface area (Å²) in [6, 6.07) is 8.26. The second-order valence-electron chi connectivity index (χ2n) is 4.25. The summed E-state index contributed by atoms with van der Waals surface area (Å²) in [6.45, 7) is 1.77. The Balaban J connectivity index is 2.66. The molecule has 0 aliphatic heterocycles. The Morgan fingerprint density at radius 1 is 1.00 bits per heavy atom. The summed E-state index contributed by atoms with van der Waals surface area (Å²) >= 11 is 0. The molecule has 0 aromatic heterocycles. The maximum absolute atomic E-state index is 14.1. The quantitative estimate of drug-likeness (QED) is 0.861. The Morgan fingerprint density at radius 3 is 2.37 bits per heavy atom. The highest BCUT2D eigenvalue weighted by Gasteiger charge is 2.13. The summed E-state index contributed by atoms with van der Waals surface area (Å²) in [7, 11) is 3.10. The molecule has 0 aliphatic carbocycles. The monoisotopic (exact) mass is 261 g/mol. The Kier molecular flexibility index (Phi) is 3.60. The molecule has 100 valence electrons. The van der Waals surface area contributed by atoms with Crippen LogP contribution in [0.25, 0.3) is 11.1 Å². The first-order valence-electron chi connectivity index (χ1n) is 5.85. The average molecular weight is 261 g/mol. The number of hydrogen-bond donors (Lipinski definition) is 1. The van der Waals surface area contributed by atoms with Crippen LogP contribution in [0.3, 0.4) is 0 Å². The molecule has 2 rings (SSSR count). The number of nitrogen functional groups attached to an aromatic ring is 1. The highest BCUT2D eigenvalue weighted by atomic mass is 19.1. The smallest absolute Gasteiger partial charge is 0.131 e. The zero-order valence-electron chi connectivity index (χ0n) is 11.2. The van der Waals surface area contributed by atoms with Crippen molar-refractivity contribution in [1.82, 2.24) is 0 Å². The van der Waals surface area contributed by atoms with E-state index in [2.05, 4.69) is 0 Å². The Bertz CT molecular complexity index is 611.